The quantitative estimate of drug-likeness (QED) is 0.176. The minimum Gasteiger partial charge on any atom is -0.458 e. The molecule has 0 amide bonds. The molecule has 8 rings (SSSR count). The average molecular weight is 823 g/mol. The Balaban J connectivity index is 0.823. The van der Waals surface area contributed by atoms with Crippen molar-refractivity contribution in [1.82, 2.24) is 0 Å². The van der Waals surface area contributed by atoms with Crippen LogP contribution in [0.3, 0.4) is 0 Å². The van der Waals surface area contributed by atoms with Gasteiger partial charge in [-0.1, -0.05) is 13.8 Å². The minimum atomic E-state index is -1.02. The van der Waals surface area contributed by atoms with E-state index in [2.05, 4.69) is 6.92 Å². The van der Waals surface area contributed by atoms with Crippen molar-refractivity contribution in [2.75, 3.05) is 6.61 Å². The van der Waals surface area contributed by atoms with E-state index in [1.54, 1.807) is 19.9 Å². The molecule has 4 aliphatic carbocycles. The number of cyclic esters (lactones) is 1. The van der Waals surface area contributed by atoms with Crippen molar-refractivity contribution in [3.05, 3.63) is 11.6 Å². The van der Waals surface area contributed by atoms with Crippen molar-refractivity contribution >= 4 is 11.9 Å². The van der Waals surface area contributed by atoms with E-state index < -0.39 is 96.9 Å². The van der Waals surface area contributed by atoms with Gasteiger partial charge in [0.15, 0.2) is 25.0 Å². The van der Waals surface area contributed by atoms with Crippen LogP contribution >= 0.6 is 0 Å². The van der Waals surface area contributed by atoms with Gasteiger partial charge in [0, 0.05) is 37.7 Å². The number of esters is 2. The zero-order valence-electron chi connectivity index (χ0n) is 34.8. The summed E-state index contributed by atoms with van der Waals surface area (Å²) in [5, 5.41) is 57.5. The third-order valence-electron chi connectivity index (χ3n) is 16.2. The van der Waals surface area contributed by atoms with Crippen LogP contribution in [0.15, 0.2) is 11.6 Å². The molecule has 8 aliphatic rings. The molecule has 4 saturated carbocycles. The molecule has 0 unspecified atom stereocenters. The molecule has 0 spiro atoms. The molecule has 15 nitrogen and oxygen atoms in total. The van der Waals surface area contributed by atoms with Crippen LogP contribution in [0.1, 0.15) is 112 Å². The van der Waals surface area contributed by atoms with E-state index in [4.69, 9.17) is 37.9 Å². The summed E-state index contributed by atoms with van der Waals surface area (Å²) in [6.07, 6.45) is -1.64. The Kier molecular flexibility index (Phi) is 12.0. The molecule has 4 heterocycles. The zero-order valence-corrected chi connectivity index (χ0v) is 34.8. The summed E-state index contributed by atoms with van der Waals surface area (Å²) in [6.45, 7) is 11.2. The largest absolute Gasteiger partial charge is 0.458 e. The molecule has 0 aromatic rings. The van der Waals surface area contributed by atoms with E-state index in [1.807, 2.05) is 13.8 Å². The van der Waals surface area contributed by atoms with E-state index in [-0.39, 0.29) is 61.1 Å². The van der Waals surface area contributed by atoms with Crippen LogP contribution in [0, 0.1) is 34.5 Å². The summed E-state index contributed by atoms with van der Waals surface area (Å²) in [5.74, 6) is -0.339. The lowest BCUT2D eigenvalue weighted by Gasteiger charge is -2.65. The molecule has 328 valence electrons. The van der Waals surface area contributed by atoms with E-state index in [9.17, 15) is 35.1 Å². The van der Waals surface area contributed by atoms with Gasteiger partial charge in [0.05, 0.1) is 54.4 Å². The molecule has 5 N–H and O–H groups in total. The first-order valence-electron chi connectivity index (χ1n) is 21.8. The molecule has 3 saturated heterocycles. The third kappa shape index (κ3) is 7.49. The van der Waals surface area contributed by atoms with Crippen LogP contribution in [0.25, 0.3) is 0 Å². The Morgan fingerprint density at radius 2 is 1.29 bits per heavy atom. The number of hydrogen-bond acceptors (Lipinski definition) is 15. The van der Waals surface area contributed by atoms with Gasteiger partial charge in [-0.05, 0) is 107 Å². The summed E-state index contributed by atoms with van der Waals surface area (Å²) >= 11 is 0. The van der Waals surface area contributed by atoms with E-state index in [1.165, 1.54) is 6.92 Å². The maximum Gasteiger partial charge on any atom is 0.331 e. The normalized spacial score (nSPS) is 53.2. The molecule has 21 atom stereocenters. The van der Waals surface area contributed by atoms with Gasteiger partial charge in [0.2, 0.25) is 0 Å². The predicted octanol–water partition coefficient (Wildman–Crippen LogP) is 2.79. The second kappa shape index (κ2) is 16.2. The van der Waals surface area contributed by atoms with Crippen LogP contribution in [-0.2, 0) is 47.5 Å². The van der Waals surface area contributed by atoms with Gasteiger partial charge in [-0.2, -0.15) is 0 Å². The second-order valence-corrected chi connectivity index (χ2v) is 19.4. The highest BCUT2D eigenvalue weighted by atomic mass is 16.7. The van der Waals surface area contributed by atoms with Gasteiger partial charge in [0.1, 0.15) is 18.8 Å². The van der Waals surface area contributed by atoms with Gasteiger partial charge in [-0.15, -0.1) is 0 Å². The van der Waals surface area contributed by atoms with Crippen LogP contribution < -0.4 is 0 Å². The van der Waals surface area contributed by atoms with Crippen molar-refractivity contribution < 1.29 is 73.0 Å². The lowest BCUT2D eigenvalue weighted by molar-refractivity contribution is -0.336. The molecule has 15 heteroatoms. The SMILES string of the molecule is CC(=O)O[C@H]1[C@@H](O)C[C@H](O[C@H]2[C@@H](O)C[C@H](O[C@H]3[C@@H](O)C[C@H](O[C@H]4CC[C@@]5(C)[C@H](CC[C@@H]6[C@@H]5C[C@@H](O)[C@]5(C)[C@@H](C7=CC(=O)OC7)CC[C@]65O)C4)O[C@@H]3C)O[C@@H]2C)O[C@@H]1C. The van der Waals surface area contributed by atoms with Crippen LogP contribution in [0.4, 0.5) is 0 Å². The maximum absolute atomic E-state index is 12.6. The van der Waals surface area contributed by atoms with Crippen molar-refractivity contribution in [1.29, 1.82) is 0 Å². The summed E-state index contributed by atoms with van der Waals surface area (Å²) < 4.78 is 47.6. The Bertz CT molecular complexity index is 1520. The van der Waals surface area contributed by atoms with Gasteiger partial charge in [-0.3, -0.25) is 4.79 Å². The number of rotatable bonds is 8. The molecule has 4 aliphatic heterocycles. The van der Waals surface area contributed by atoms with Crippen molar-refractivity contribution in [2.45, 2.75) is 204 Å². The predicted molar refractivity (Wildman–Crippen MR) is 202 cm³/mol. The number of aliphatic hydroxyl groups is 5. The van der Waals surface area contributed by atoms with Crippen LogP contribution in [0.2, 0.25) is 0 Å². The highest BCUT2D eigenvalue weighted by Gasteiger charge is 2.71. The number of fused-ring (bicyclic) bond motifs is 5. The van der Waals surface area contributed by atoms with E-state index in [0.717, 1.165) is 44.1 Å². The Hall–Kier alpha value is -1.76. The Labute approximate surface area is 341 Å². The fourth-order valence-electron chi connectivity index (χ4n) is 13.1. The number of ether oxygens (including phenoxy) is 8. The highest BCUT2D eigenvalue weighted by Crippen LogP contribution is 2.70. The summed E-state index contributed by atoms with van der Waals surface area (Å²) in [4.78, 5) is 23.4. The summed E-state index contributed by atoms with van der Waals surface area (Å²) in [5.41, 5.74) is -0.916. The molecule has 58 heavy (non-hydrogen) atoms. The molecule has 0 aromatic heterocycles. The Morgan fingerprint density at radius 1 is 0.724 bits per heavy atom. The monoisotopic (exact) mass is 822 g/mol. The van der Waals surface area contributed by atoms with E-state index in [0.29, 0.717) is 18.8 Å². The topological polar surface area (TPSA) is 209 Å². The van der Waals surface area contributed by atoms with Gasteiger partial charge < -0.3 is 63.4 Å². The summed E-state index contributed by atoms with van der Waals surface area (Å²) in [6, 6.07) is 0. The lowest BCUT2D eigenvalue weighted by Crippen LogP contribution is -2.67. The first-order valence-corrected chi connectivity index (χ1v) is 21.8. The molecule has 0 bridgehead atoms. The first-order chi connectivity index (χ1) is 27.4. The molecular formula is C43H66O15. The number of carbonyl (C=O) groups is 2. The number of hydrogen-bond donors (Lipinski definition) is 5. The molecule has 0 aromatic carbocycles. The van der Waals surface area contributed by atoms with Crippen molar-refractivity contribution in [3.8, 4) is 0 Å². The zero-order chi connectivity index (χ0) is 41.5. The molecular weight excluding hydrogens is 756 g/mol. The maximum atomic E-state index is 12.6. The first kappa shape index (κ1) is 42.9. The van der Waals surface area contributed by atoms with Gasteiger partial charge in [0.25, 0.3) is 0 Å². The standard InChI is InChI=1S/C43H66O15/c1-20-38(55-23(4)44)30(45)17-36(53-20)57-40-22(3)54-37(18-32(40)47)58-39-21(2)52-35(16-31(39)46)56-26-9-11-41(5)25(14-26)7-8-28-29(41)15-33(48)42(6)27(10-12-43(28,42)50)24-13-34(49)51-19-24/h13,20-22,25-33,35-40,45-48,50H,7-12,14-19H2,1-6H3/t20-,21-,22-,25-,26+,27-,28-,29+,30+,31+,32+,33-,35+,36+,37+,38-,39-,40-,41+,42+,43+/m1/s1. The second-order valence-electron chi connectivity index (χ2n) is 19.4. The minimum absolute atomic E-state index is 0.0551. The number of carbonyl (C=O) groups excluding carboxylic acids is 2. The molecule has 0 radical (unpaired) electrons. The third-order valence-corrected chi connectivity index (χ3v) is 16.2. The lowest BCUT2D eigenvalue weighted by atomic mass is 9.42. The Morgan fingerprint density at radius 3 is 1.83 bits per heavy atom. The highest BCUT2D eigenvalue weighted by molar-refractivity contribution is 5.85. The molecule has 7 fully saturated rings. The average Bonchev–Trinajstić information content (AvgIpc) is 3.70. The fraction of sp³-hybridized carbons (Fsp3) is 0.907. The van der Waals surface area contributed by atoms with Crippen molar-refractivity contribution in [3.63, 3.8) is 0 Å². The van der Waals surface area contributed by atoms with Gasteiger partial charge in [-0.25, -0.2) is 4.79 Å². The fourth-order valence-corrected chi connectivity index (χ4v) is 13.1. The van der Waals surface area contributed by atoms with Crippen LogP contribution in [-0.4, -0.2) is 136 Å². The summed E-state index contributed by atoms with van der Waals surface area (Å²) in [7, 11) is 0. The van der Waals surface area contributed by atoms with Gasteiger partial charge >= 0.3 is 11.9 Å². The number of aliphatic hydroxyl groups excluding tert-OH is 4. The van der Waals surface area contributed by atoms with E-state index >= 15 is 0 Å². The van der Waals surface area contributed by atoms with Crippen LogP contribution in [0.5, 0.6) is 0 Å². The smallest absolute Gasteiger partial charge is 0.331 e. The van der Waals surface area contributed by atoms with Crippen molar-refractivity contribution in [2.24, 2.45) is 34.5 Å².